The van der Waals surface area contributed by atoms with Gasteiger partial charge in [-0.15, -0.1) is 0 Å². The van der Waals surface area contributed by atoms with Gasteiger partial charge in [-0.05, 0) is 54.3 Å². The van der Waals surface area contributed by atoms with Crippen LogP contribution in [0, 0.1) is 6.92 Å². The number of hydrogen-bond donors (Lipinski definition) is 0. The van der Waals surface area contributed by atoms with Gasteiger partial charge in [0.1, 0.15) is 5.75 Å². The summed E-state index contributed by atoms with van der Waals surface area (Å²) in [6, 6.07) is 15.9. The van der Waals surface area contributed by atoms with E-state index in [0.29, 0.717) is 13.1 Å². The maximum atomic E-state index is 13.1. The van der Waals surface area contributed by atoms with Crippen molar-refractivity contribution in [3.05, 3.63) is 65.4 Å². The second-order valence-electron chi connectivity index (χ2n) is 9.95. The highest BCUT2D eigenvalue weighted by molar-refractivity contribution is 7.22. The minimum absolute atomic E-state index is 0.0766. The number of benzene rings is 2. The van der Waals surface area contributed by atoms with E-state index in [0.717, 1.165) is 51.3 Å². The number of aryl methyl sites for hydroxylation is 1. The lowest BCUT2D eigenvalue weighted by Gasteiger charge is -2.34. The lowest BCUT2D eigenvalue weighted by Crippen LogP contribution is -2.48. The summed E-state index contributed by atoms with van der Waals surface area (Å²) in [6.45, 7) is 11.4. The standard InChI is InChI=1S/C27H31N5O2S/c1-18-23-24(32(29-18)21-10-12-22(34-5)13-11-21)28-26(35-23)31-16-14-30(15-17-31)25(33)19-6-8-20(9-7-19)27(2,3)4/h6-13H,14-17H2,1-5H3. The van der Waals surface area contributed by atoms with E-state index in [1.54, 1.807) is 18.4 Å². The monoisotopic (exact) mass is 489 g/mol. The predicted octanol–water partition coefficient (Wildman–Crippen LogP) is 5.06. The molecule has 1 amide bonds. The molecule has 0 spiro atoms. The number of anilines is 1. The molecule has 1 saturated heterocycles. The number of hydrogen-bond acceptors (Lipinski definition) is 6. The van der Waals surface area contributed by atoms with Crippen LogP contribution in [0.2, 0.25) is 0 Å². The maximum Gasteiger partial charge on any atom is 0.253 e. The number of aromatic nitrogens is 3. The minimum Gasteiger partial charge on any atom is -0.497 e. The third-order valence-electron chi connectivity index (χ3n) is 6.53. The van der Waals surface area contributed by atoms with Crippen molar-refractivity contribution in [3.63, 3.8) is 0 Å². The maximum absolute atomic E-state index is 13.1. The molecule has 3 heterocycles. The fourth-order valence-electron chi connectivity index (χ4n) is 4.36. The molecule has 5 rings (SSSR count). The van der Waals surface area contributed by atoms with Crippen LogP contribution >= 0.6 is 11.3 Å². The number of carbonyl (C=O) groups is 1. The highest BCUT2D eigenvalue weighted by atomic mass is 32.1. The third-order valence-corrected chi connectivity index (χ3v) is 7.74. The number of nitrogens with zero attached hydrogens (tertiary/aromatic N) is 5. The van der Waals surface area contributed by atoms with Gasteiger partial charge in [0, 0.05) is 31.7 Å². The van der Waals surface area contributed by atoms with Crippen molar-refractivity contribution in [2.45, 2.75) is 33.1 Å². The molecule has 8 heteroatoms. The van der Waals surface area contributed by atoms with Gasteiger partial charge in [-0.3, -0.25) is 4.79 Å². The number of amides is 1. The van der Waals surface area contributed by atoms with E-state index in [1.165, 1.54) is 5.56 Å². The molecule has 2 aromatic carbocycles. The molecule has 1 aliphatic heterocycles. The molecule has 0 atom stereocenters. The molecule has 0 saturated carbocycles. The van der Waals surface area contributed by atoms with Crippen LogP contribution in [-0.4, -0.2) is 58.9 Å². The summed E-state index contributed by atoms with van der Waals surface area (Å²) in [7, 11) is 1.66. The van der Waals surface area contributed by atoms with Crippen LogP contribution in [0.1, 0.15) is 42.4 Å². The predicted molar refractivity (Wildman–Crippen MR) is 141 cm³/mol. The number of methoxy groups -OCH3 is 1. The highest BCUT2D eigenvalue weighted by Crippen LogP contribution is 2.33. The zero-order valence-corrected chi connectivity index (χ0v) is 21.7. The normalized spacial score (nSPS) is 14.5. The molecule has 7 nitrogen and oxygen atoms in total. The summed E-state index contributed by atoms with van der Waals surface area (Å²) >= 11 is 1.67. The first-order valence-electron chi connectivity index (χ1n) is 11.9. The third kappa shape index (κ3) is 4.50. The van der Waals surface area contributed by atoms with Crippen LogP contribution in [-0.2, 0) is 5.41 Å². The molecule has 35 heavy (non-hydrogen) atoms. The quantitative estimate of drug-likeness (QED) is 0.401. The van der Waals surface area contributed by atoms with Gasteiger partial charge in [-0.25, -0.2) is 4.68 Å². The summed E-state index contributed by atoms with van der Waals surface area (Å²) in [6.07, 6.45) is 0. The first kappa shape index (κ1) is 23.4. The number of rotatable bonds is 4. The van der Waals surface area contributed by atoms with Crippen LogP contribution in [0.15, 0.2) is 48.5 Å². The molecule has 0 unspecified atom stereocenters. The molecule has 1 aliphatic rings. The lowest BCUT2D eigenvalue weighted by molar-refractivity contribution is 0.0746. The van der Waals surface area contributed by atoms with Crippen LogP contribution in [0.5, 0.6) is 5.75 Å². The van der Waals surface area contributed by atoms with Gasteiger partial charge in [0.25, 0.3) is 5.91 Å². The van der Waals surface area contributed by atoms with Gasteiger partial charge in [0.05, 0.1) is 23.2 Å². The molecule has 1 fully saturated rings. The largest absolute Gasteiger partial charge is 0.497 e. The minimum atomic E-state index is 0.0766. The summed E-state index contributed by atoms with van der Waals surface area (Å²) in [5.41, 5.74) is 4.85. The van der Waals surface area contributed by atoms with E-state index >= 15 is 0 Å². The van der Waals surface area contributed by atoms with Crippen molar-refractivity contribution < 1.29 is 9.53 Å². The second-order valence-corrected chi connectivity index (χ2v) is 10.9. The molecule has 0 aliphatic carbocycles. The Kier molecular flexibility index (Phi) is 6.01. The van der Waals surface area contributed by atoms with E-state index in [9.17, 15) is 4.79 Å². The van der Waals surface area contributed by atoms with E-state index in [1.807, 2.05) is 52.9 Å². The number of piperazine rings is 1. The van der Waals surface area contributed by atoms with Crippen molar-refractivity contribution in [1.29, 1.82) is 0 Å². The van der Waals surface area contributed by atoms with Crippen molar-refractivity contribution in [1.82, 2.24) is 19.7 Å². The van der Waals surface area contributed by atoms with Gasteiger partial charge in [0.2, 0.25) is 0 Å². The summed E-state index contributed by atoms with van der Waals surface area (Å²) < 4.78 is 8.26. The Balaban J connectivity index is 1.29. The zero-order valence-electron chi connectivity index (χ0n) is 20.9. The molecular weight excluding hydrogens is 458 g/mol. The van der Waals surface area contributed by atoms with Crippen molar-refractivity contribution >= 4 is 32.7 Å². The molecule has 0 bridgehead atoms. The molecule has 182 valence electrons. The fraction of sp³-hybridized carbons (Fsp3) is 0.370. The van der Waals surface area contributed by atoms with Crippen molar-refractivity contribution in [3.8, 4) is 11.4 Å². The first-order valence-corrected chi connectivity index (χ1v) is 12.7. The average Bonchev–Trinajstić information content (AvgIpc) is 3.44. The summed E-state index contributed by atoms with van der Waals surface area (Å²) in [5.74, 6) is 0.908. The Bertz CT molecular complexity index is 1340. The Labute approximate surface area is 209 Å². The molecule has 0 N–H and O–H groups in total. The Morgan fingerprint density at radius 1 is 0.971 bits per heavy atom. The number of thiazole rings is 1. The Morgan fingerprint density at radius 3 is 2.23 bits per heavy atom. The van der Waals surface area contributed by atoms with Gasteiger partial charge in [-0.1, -0.05) is 44.2 Å². The average molecular weight is 490 g/mol. The summed E-state index contributed by atoms with van der Waals surface area (Å²) in [4.78, 5) is 22.2. The molecule has 2 aromatic heterocycles. The second kappa shape index (κ2) is 9.00. The Hall–Kier alpha value is -3.39. The van der Waals surface area contributed by atoms with Gasteiger partial charge < -0.3 is 14.5 Å². The van der Waals surface area contributed by atoms with E-state index in [2.05, 4.69) is 37.8 Å². The van der Waals surface area contributed by atoms with E-state index in [-0.39, 0.29) is 11.3 Å². The first-order chi connectivity index (χ1) is 16.7. The smallest absolute Gasteiger partial charge is 0.253 e. The number of carbonyl (C=O) groups excluding carboxylic acids is 1. The fourth-order valence-corrected chi connectivity index (χ4v) is 5.40. The van der Waals surface area contributed by atoms with Crippen LogP contribution in [0.4, 0.5) is 5.13 Å². The zero-order chi connectivity index (χ0) is 24.7. The Morgan fingerprint density at radius 2 is 1.63 bits per heavy atom. The van der Waals surface area contributed by atoms with E-state index < -0.39 is 0 Å². The van der Waals surface area contributed by atoms with Crippen molar-refractivity contribution in [2.75, 3.05) is 38.2 Å². The molecular formula is C27H31N5O2S. The molecule has 4 aromatic rings. The van der Waals surface area contributed by atoms with E-state index in [4.69, 9.17) is 14.8 Å². The SMILES string of the molecule is COc1ccc(-n2nc(C)c3sc(N4CCN(C(=O)c5ccc(C(C)(C)C)cc5)CC4)nc32)cc1. The van der Waals surface area contributed by atoms with Gasteiger partial charge >= 0.3 is 0 Å². The van der Waals surface area contributed by atoms with Crippen LogP contribution in [0.25, 0.3) is 16.0 Å². The summed E-state index contributed by atoms with van der Waals surface area (Å²) in [5, 5.41) is 5.68. The van der Waals surface area contributed by atoms with Gasteiger partial charge in [-0.2, -0.15) is 10.1 Å². The van der Waals surface area contributed by atoms with Crippen LogP contribution < -0.4 is 9.64 Å². The highest BCUT2D eigenvalue weighted by Gasteiger charge is 2.26. The number of fused-ring (bicyclic) bond motifs is 1. The lowest BCUT2D eigenvalue weighted by atomic mass is 9.86. The van der Waals surface area contributed by atoms with Crippen LogP contribution in [0.3, 0.4) is 0 Å². The topological polar surface area (TPSA) is 63.5 Å². The number of ether oxygens (including phenoxy) is 1. The van der Waals surface area contributed by atoms with Gasteiger partial charge in [0.15, 0.2) is 10.8 Å². The van der Waals surface area contributed by atoms with Crippen molar-refractivity contribution in [2.24, 2.45) is 0 Å². The molecule has 0 radical (unpaired) electrons.